The molecular formula is C17H17BrO2. The molecule has 0 fully saturated rings. The summed E-state index contributed by atoms with van der Waals surface area (Å²) in [5.41, 5.74) is 2.96. The highest BCUT2D eigenvalue weighted by Crippen LogP contribution is 2.40. The SMILES string of the molecule is CC1(C)COc2ccc(C(O)c3cccc(Br)c3)cc21. The summed E-state index contributed by atoms with van der Waals surface area (Å²) in [5, 5.41) is 10.6. The number of hydrogen-bond donors (Lipinski definition) is 1. The van der Waals surface area contributed by atoms with Crippen LogP contribution in [0.5, 0.6) is 5.75 Å². The van der Waals surface area contributed by atoms with Gasteiger partial charge in [0.25, 0.3) is 0 Å². The summed E-state index contributed by atoms with van der Waals surface area (Å²) < 4.78 is 6.66. The predicted octanol–water partition coefficient (Wildman–Crippen LogP) is 4.20. The van der Waals surface area contributed by atoms with Gasteiger partial charge in [-0.25, -0.2) is 0 Å². The number of aliphatic hydroxyl groups excluding tert-OH is 1. The number of benzene rings is 2. The minimum absolute atomic E-state index is 0.00232. The minimum atomic E-state index is -0.616. The van der Waals surface area contributed by atoms with Crippen LogP contribution in [0.3, 0.4) is 0 Å². The molecule has 0 amide bonds. The lowest BCUT2D eigenvalue weighted by molar-refractivity contribution is 0.220. The van der Waals surface area contributed by atoms with Crippen LogP contribution in [0.4, 0.5) is 0 Å². The van der Waals surface area contributed by atoms with Crippen molar-refractivity contribution in [1.82, 2.24) is 0 Å². The van der Waals surface area contributed by atoms with Crippen molar-refractivity contribution >= 4 is 15.9 Å². The molecule has 0 bridgehead atoms. The molecule has 2 nitrogen and oxygen atoms in total. The second kappa shape index (κ2) is 4.90. The Morgan fingerprint density at radius 3 is 2.65 bits per heavy atom. The zero-order chi connectivity index (χ0) is 14.3. The van der Waals surface area contributed by atoms with Gasteiger partial charge in [0.2, 0.25) is 0 Å². The highest BCUT2D eigenvalue weighted by molar-refractivity contribution is 9.10. The van der Waals surface area contributed by atoms with Crippen LogP contribution < -0.4 is 4.74 Å². The van der Waals surface area contributed by atoms with Gasteiger partial charge in [-0.05, 0) is 35.4 Å². The van der Waals surface area contributed by atoms with Crippen LogP contribution >= 0.6 is 15.9 Å². The smallest absolute Gasteiger partial charge is 0.123 e. The van der Waals surface area contributed by atoms with Crippen LogP contribution in [0, 0.1) is 0 Å². The van der Waals surface area contributed by atoms with Crippen molar-refractivity contribution < 1.29 is 9.84 Å². The predicted molar refractivity (Wildman–Crippen MR) is 83.2 cm³/mol. The lowest BCUT2D eigenvalue weighted by atomic mass is 9.85. The number of fused-ring (bicyclic) bond motifs is 1. The Bertz CT molecular complexity index is 649. The van der Waals surface area contributed by atoms with Gasteiger partial charge in [0.05, 0.1) is 6.61 Å². The topological polar surface area (TPSA) is 29.5 Å². The van der Waals surface area contributed by atoms with E-state index in [1.807, 2.05) is 36.4 Å². The van der Waals surface area contributed by atoms with E-state index in [4.69, 9.17) is 4.74 Å². The Morgan fingerprint density at radius 2 is 1.90 bits per heavy atom. The molecule has 104 valence electrons. The van der Waals surface area contributed by atoms with E-state index in [9.17, 15) is 5.11 Å². The van der Waals surface area contributed by atoms with Crippen molar-refractivity contribution in [2.24, 2.45) is 0 Å². The van der Waals surface area contributed by atoms with E-state index in [0.717, 1.165) is 21.3 Å². The van der Waals surface area contributed by atoms with Gasteiger partial charge in [-0.1, -0.05) is 48.0 Å². The van der Waals surface area contributed by atoms with Crippen LogP contribution in [0.15, 0.2) is 46.9 Å². The molecule has 0 radical (unpaired) electrons. The van der Waals surface area contributed by atoms with Gasteiger partial charge in [-0.2, -0.15) is 0 Å². The van der Waals surface area contributed by atoms with Crippen LogP contribution in [0.1, 0.15) is 36.6 Å². The fraction of sp³-hybridized carbons (Fsp3) is 0.294. The van der Waals surface area contributed by atoms with Crippen molar-refractivity contribution in [2.75, 3.05) is 6.61 Å². The molecule has 2 aromatic carbocycles. The second-order valence-electron chi connectivity index (χ2n) is 5.89. The third kappa shape index (κ3) is 2.36. The molecule has 0 spiro atoms. The molecule has 3 heteroatoms. The Balaban J connectivity index is 1.99. The van der Waals surface area contributed by atoms with Gasteiger partial charge in [-0.3, -0.25) is 0 Å². The van der Waals surface area contributed by atoms with Gasteiger partial charge in [0, 0.05) is 15.5 Å². The first kappa shape index (κ1) is 13.7. The molecule has 0 saturated carbocycles. The summed E-state index contributed by atoms with van der Waals surface area (Å²) in [6.45, 7) is 5.01. The number of halogens is 1. The maximum Gasteiger partial charge on any atom is 0.123 e. The molecule has 1 N–H and O–H groups in total. The molecule has 2 aromatic rings. The summed E-state index contributed by atoms with van der Waals surface area (Å²) in [5.74, 6) is 0.931. The maximum atomic E-state index is 10.6. The van der Waals surface area contributed by atoms with Crippen molar-refractivity contribution in [1.29, 1.82) is 0 Å². The molecule has 0 saturated heterocycles. The van der Waals surface area contributed by atoms with E-state index >= 15 is 0 Å². The average Bonchev–Trinajstić information content (AvgIpc) is 2.73. The standard InChI is InChI=1S/C17H17BrO2/c1-17(2)10-20-15-7-6-12(9-14(15)17)16(19)11-4-3-5-13(18)8-11/h3-9,16,19H,10H2,1-2H3. The van der Waals surface area contributed by atoms with Gasteiger partial charge >= 0.3 is 0 Å². The molecule has 0 aliphatic carbocycles. The minimum Gasteiger partial charge on any atom is -0.492 e. The monoisotopic (exact) mass is 332 g/mol. The van der Waals surface area contributed by atoms with Crippen LogP contribution in [-0.2, 0) is 5.41 Å². The summed E-state index contributed by atoms with van der Waals surface area (Å²) in [4.78, 5) is 0. The van der Waals surface area contributed by atoms with Crippen LogP contribution in [0.25, 0.3) is 0 Å². The Morgan fingerprint density at radius 1 is 1.15 bits per heavy atom. The molecule has 1 aliphatic heterocycles. The van der Waals surface area contributed by atoms with Gasteiger partial charge < -0.3 is 9.84 Å². The third-order valence-corrected chi connectivity index (χ3v) is 4.29. The van der Waals surface area contributed by atoms with E-state index in [1.54, 1.807) is 0 Å². The summed E-state index contributed by atoms with van der Waals surface area (Å²) in [6.07, 6.45) is -0.616. The summed E-state index contributed by atoms with van der Waals surface area (Å²) >= 11 is 3.44. The summed E-state index contributed by atoms with van der Waals surface area (Å²) in [6, 6.07) is 13.7. The van der Waals surface area contributed by atoms with Crippen LogP contribution in [0.2, 0.25) is 0 Å². The number of ether oxygens (including phenoxy) is 1. The van der Waals surface area contributed by atoms with Crippen molar-refractivity contribution in [3.63, 3.8) is 0 Å². The van der Waals surface area contributed by atoms with Gasteiger partial charge in [0.15, 0.2) is 0 Å². The van der Waals surface area contributed by atoms with E-state index in [2.05, 4.69) is 35.8 Å². The van der Waals surface area contributed by atoms with E-state index in [0.29, 0.717) is 6.61 Å². The molecule has 1 heterocycles. The zero-order valence-corrected chi connectivity index (χ0v) is 13.1. The van der Waals surface area contributed by atoms with Gasteiger partial charge in [0.1, 0.15) is 11.9 Å². The Kier molecular flexibility index (Phi) is 3.35. The first-order chi connectivity index (χ1) is 9.47. The maximum absolute atomic E-state index is 10.6. The molecule has 0 aromatic heterocycles. The number of hydrogen-bond acceptors (Lipinski definition) is 2. The van der Waals surface area contributed by atoms with Gasteiger partial charge in [-0.15, -0.1) is 0 Å². The molecular weight excluding hydrogens is 316 g/mol. The number of rotatable bonds is 2. The lowest BCUT2D eigenvalue weighted by Gasteiger charge is -2.18. The third-order valence-electron chi connectivity index (χ3n) is 3.80. The largest absolute Gasteiger partial charge is 0.492 e. The summed E-state index contributed by atoms with van der Waals surface area (Å²) in [7, 11) is 0. The molecule has 1 atom stereocenters. The Labute approximate surface area is 127 Å². The van der Waals surface area contributed by atoms with E-state index < -0.39 is 6.10 Å². The fourth-order valence-corrected chi connectivity index (χ4v) is 2.99. The highest BCUT2D eigenvalue weighted by atomic mass is 79.9. The zero-order valence-electron chi connectivity index (χ0n) is 11.6. The average molecular weight is 333 g/mol. The van der Waals surface area contributed by atoms with E-state index in [-0.39, 0.29) is 5.41 Å². The first-order valence-electron chi connectivity index (χ1n) is 6.68. The Hall–Kier alpha value is -1.32. The first-order valence-corrected chi connectivity index (χ1v) is 7.47. The van der Waals surface area contributed by atoms with Crippen molar-refractivity contribution in [3.05, 3.63) is 63.6 Å². The van der Waals surface area contributed by atoms with E-state index in [1.165, 1.54) is 5.56 Å². The number of aliphatic hydroxyl groups is 1. The molecule has 1 aliphatic rings. The quantitative estimate of drug-likeness (QED) is 0.892. The highest BCUT2D eigenvalue weighted by Gasteiger charge is 2.32. The molecule has 3 rings (SSSR count). The molecule has 1 unspecified atom stereocenters. The van der Waals surface area contributed by atoms with Crippen LogP contribution in [-0.4, -0.2) is 11.7 Å². The fourth-order valence-electron chi connectivity index (χ4n) is 2.58. The van der Waals surface area contributed by atoms with Crippen molar-refractivity contribution in [2.45, 2.75) is 25.4 Å². The molecule has 20 heavy (non-hydrogen) atoms. The van der Waals surface area contributed by atoms with Crippen molar-refractivity contribution in [3.8, 4) is 5.75 Å². The second-order valence-corrected chi connectivity index (χ2v) is 6.80. The normalized spacial score (nSPS) is 17.4. The lowest BCUT2D eigenvalue weighted by Crippen LogP contribution is -2.18.